The summed E-state index contributed by atoms with van der Waals surface area (Å²) in [5, 5.41) is 0. The topological polar surface area (TPSA) is 63.4 Å². The van der Waals surface area contributed by atoms with Crippen LogP contribution < -0.4 is 10.0 Å². The zero-order chi connectivity index (χ0) is 16.6. The molecule has 2 aromatic rings. The molecule has 0 radical (unpaired) electrons. The Bertz CT molecular complexity index is 811. The molecule has 0 spiro atoms. The second-order valence-electron chi connectivity index (χ2n) is 6.42. The van der Waals surface area contributed by atoms with Gasteiger partial charge < -0.3 is 5.73 Å². The monoisotopic (exact) mass is 330 g/mol. The average molecular weight is 330 g/mol. The van der Waals surface area contributed by atoms with Crippen LogP contribution in [0.3, 0.4) is 0 Å². The molecule has 0 bridgehead atoms. The summed E-state index contributed by atoms with van der Waals surface area (Å²) in [4.78, 5) is 0.320. The summed E-state index contributed by atoms with van der Waals surface area (Å²) in [7, 11) is -3.57. The molecule has 1 heterocycles. The van der Waals surface area contributed by atoms with Gasteiger partial charge in [-0.05, 0) is 48.1 Å². The van der Waals surface area contributed by atoms with Gasteiger partial charge in [0.05, 0.1) is 16.3 Å². The van der Waals surface area contributed by atoms with Crippen LogP contribution in [-0.4, -0.2) is 15.0 Å². The van der Waals surface area contributed by atoms with Gasteiger partial charge in [0.15, 0.2) is 0 Å². The molecule has 0 amide bonds. The zero-order valence-corrected chi connectivity index (χ0v) is 14.3. The Morgan fingerprint density at radius 3 is 2.48 bits per heavy atom. The van der Waals surface area contributed by atoms with Gasteiger partial charge in [0.25, 0.3) is 10.0 Å². The highest BCUT2D eigenvalue weighted by molar-refractivity contribution is 7.92. The lowest BCUT2D eigenvalue weighted by Crippen LogP contribution is -2.29. The number of anilines is 2. The van der Waals surface area contributed by atoms with Crippen LogP contribution in [0.1, 0.15) is 25.0 Å². The number of nitrogens with zero attached hydrogens (tertiary/aromatic N) is 1. The van der Waals surface area contributed by atoms with Crippen molar-refractivity contribution in [1.82, 2.24) is 0 Å². The molecule has 4 nitrogen and oxygen atoms in total. The Morgan fingerprint density at radius 2 is 1.83 bits per heavy atom. The SMILES string of the molecule is CC(C)Cc1ccc(S(=O)(=O)N2CCc3cccc(N)c32)cc1. The molecule has 2 N–H and O–H groups in total. The summed E-state index contributed by atoms with van der Waals surface area (Å²) < 4.78 is 27.3. The van der Waals surface area contributed by atoms with Crippen LogP contribution in [0.4, 0.5) is 11.4 Å². The van der Waals surface area contributed by atoms with Crippen molar-refractivity contribution in [2.45, 2.75) is 31.6 Å². The van der Waals surface area contributed by atoms with E-state index in [9.17, 15) is 8.42 Å². The van der Waals surface area contributed by atoms with E-state index in [2.05, 4.69) is 13.8 Å². The van der Waals surface area contributed by atoms with Crippen molar-refractivity contribution in [3.8, 4) is 0 Å². The molecular formula is C18H22N2O2S. The van der Waals surface area contributed by atoms with Crippen LogP contribution in [-0.2, 0) is 22.9 Å². The lowest BCUT2D eigenvalue weighted by Gasteiger charge is -2.21. The summed E-state index contributed by atoms with van der Waals surface area (Å²) in [6, 6.07) is 12.8. The van der Waals surface area contributed by atoms with E-state index in [-0.39, 0.29) is 0 Å². The minimum Gasteiger partial charge on any atom is -0.397 e. The summed E-state index contributed by atoms with van der Waals surface area (Å²) in [5.74, 6) is 0.544. The van der Waals surface area contributed by atoms with E-state index in [1.807, 2.05) is 24.3 Å². The van der Waals surface area contributed by atoms with E-state index in [4.69, 9.17) is 5.73 Å². The third kappa shape index (κ3) is 2.93. The quantitative estimate of drug-likeness (QED) is 0.876. The van der Waals surface area contributed by atoms with E-state index in [0.717, 1.165) is 17.5 Å². The number of hydrogen-bond acceptors (Lipinski definition) is 3. The number of nitrogens with two attached hydrogens (primary N) is 1. The molecule has 0 saturated carbocycles. The third-order valence-electron chi connectivity index (χ3n) is 4.14. The predicted molar refractivity (Wildman–Crippen MR) is 94.1 cm³/mol. The lowest BCUT2D eigenvalue weighted by molar-refractivity contribution is 0.592. The summed E-state index contributed by atoms with van der Waals surface area (Å²) in [6.45, 7) is 4.74. The Hall–Kier alpha value is -2.01. The molecule has 0 atom stereocenters. The van der Waals surface area contributed by atoms with E-state index >= 15 is 0 Å². The molecule has 5 heteroatoms. The van der Waals surface area contributed by atoms with E-state index in [1.54, 1.807) is 18.2 Å². The first kappa shape index (κ1) is 15.9. The van der Waals surface area contributed by atoms with Gasteiger partial charge in [0.1, 0.15) is 0 Å². The number of para-hydroxylation sites is 1. The molecule has 0 fully saturated rings. The Morgan fingerprint density at radius 1 is 1.13 bits per heavy atom. The summed E-state index contributed by atoms with van der Waals surface area (Å²) in [5.41, 5.74) is 9.31. The van der Waals surface area contributed by atoms with Gasteiger partial charge in [0, 0.05) is 6.54 Å². The van der Waals surface area contributed by atoms with Crippen LogP contribution in [0.5, 0.6) is 0 Å². The van der Waals surface area contributed by atoms with Crippen LogP contribution in [0.2, 0.25) is 0 Å². The normalized spacial score (nSPS) is 14.3. The lowest BCUT2D eigenvalue weighted by atomic mass is 10.0. The molecule has 3 rings (SSSR count). The Labute approximate surface area is 138 Å². The second kappa shape index (κ2) is 5.89. The molecule has 0 saturated heterocycles. The average Bonchev–Trinajstić information content (AvgIpc) is 2.93. The van der Waals surface area contributed by atoms with Crippen molar-refractivity contribution in [3.63, 3.8) is 0 Å². The Balaban J connectivity index is 1.95. The number of hydrogen-bond donors (Lipinski definition) is 1. The number of nitrogen functional groups attached to an aromatic ring is 1. The van der Waals surface area contributed by atoms with Crippen molar-refractivity contribution < 1.29 is 8.42 Å². The van der Waals surface area contributed by atoms with Crippen LogP contribution in [0.15, 0.2) is 47.4 Å². The van der Waals surface area contributed by atoms with Crippen LogP contribution in [0, 0.1) is 5.92 Å². The molecule has 0 aromatic heterocycles. The maximum atomic E-state index is 13.0. The molecule has 0 aliphatic carbocycles. The molecule has 122 valence electrons. The maximum absolute atomic E-state index is 13.0. The van der Waals surface area contributed by atoms with Crippen molar-refractivity contribution in [2.24, 2.45) is 5.92 Å². The smallest absolute Gasteiger partial charge is 0.264 e. The van der Waals surface area contributed by atoms with Gasteiger partial charge in [-0.2, -0.15) is 0 Å². The first-order valence-electron chi connectivity index (χ1n) is 7.88. The second-order valence-corrected chi connectivity index (χ2v) is 8.29. The molecule has 0 unspecified atom stereocenters. The Kier molecular flexibility index (Phi) is 4.06. The van der Waals surface area contributed by atoms with Gasteiger partial charge in [-0.3, -0.25) is 4.31 Å². The largest absolute Gasteiger partial charge is 0.397 e. The minimum atomic E-state index is -3.57. The summed E-state index contributed by atoms with van der Waals surface area (Å²) in [6.07, 6.45) is 1.64. The summed E-state index contributed by atoms with van der Waals surface area (Å²) >= 11 is 0. The van der Waals surface area contributed by atoms with Gasteiger partial charge in [-0.15, -0.1) is 0 Å². The van der Waals surface area contributed by atoms with E-state index in [0.29, 0.717) is 35.2 Å². The predicted octanol–water partition coefficient (Wildman–Crippen LogP) is 3.22. The highest BCUT2D eigenvalue weighted by Crippen LogP contribution is 2.37. The van der Waals surface area contributed by atoms with E-state index in [1.165, 1.54) is 4.31 Å². The number of sulfonamides is 1. The standard InChI is InChI=1S/C18H22N2O2S/c1-13(2)12-14-6-8-16(9-7-14)23(21,22)20-11-10-15-4-3-5-17(19)18(15)20/h3-9,13H,10-12,19H2,1-2H3. The number of benzene rings is 2. The molecule has 2 aromatic carbocycles. The zero-order valence-electron chi connectivity index (χ0n) is 13.5. The molecule has 23 heavy (non-hydrogen) atoms. The van der Waals surface area contributed by atoms with Crippen LogP contribution in [0.25, 0.3) is 0 Å². The molecular weight excluding hydrogens is 308 g/mol. The highest BCUT2D eigenvalue weighted by Gasteiger charge is 2.32. The van der Waals surface area contributed by atoms with Gasteiger partial charge in [-0.25, -0.2) is 8.42 Å². The highest BCUT2D eigenvalue weighted by atomic mass is 32.2. The van der Waals surface area contributed by atoms with Gasteiger partial charge in [0.2, 0.25) is 0 Å². The van der Waals surface area contributed by atoms with Crippen molar-refractivity contribution in [3.05, 3.63) is 53.6 Å². The number of fused-ring (bicyclic) bond motifs is 1. The molecule has 1 aliphatic heterocycles. The number of rotatable bonds is 4. The first-order valence-corrected chi connectivity index (χ1v) is 9.32. The van der Waals surface area contributed by atoms with Crippen molar-refractivity contribution in [2.75, 3.05) is 16.6 Å². The maximum Gasteiger partial charge on any atom is 0.264 e. The van der Waals surface area contributed by atoms with E-state index < -0.39 is 10.0 Å². The van der Waals surface area contributed by atoms with Crippen molar-refractivity contribution in [1.29, 1.82) is 0 Å². The molecule has 1 aliphatic rings. The van der Waals surface area contributed by atoms with Gasteiger partial charge >= 0.3 is 0 Å². The third-order valence-corrected chi connectivity index (χ3v) is 5.95. The van der Waals surface area contributed by atoms with Gasteiger partial charge in [-0.1, -0.05) is 38.1 Å². The minimum absolute atomic E-state index is 0.320. The fourth-order valence-corrected chi connectivity index (χ4v) is 4.62. The van der Waals surface area contributed by atoms with Crippen molar-refractivity contribution >= 4 is 21.4 Å². The van der Waals surface area contributed by atoms with Crippen LogP contribution >= 0.6 is 0 Å². The fourth-order valence-electron chi connectivity index (χ4n) is 3.09. The first-order chi connectivity index (χ1) is 10.9. The fraction of sp³-hybridized carbons (Fsp3) is 0.333.